The average molecular weight is 339 g/mol. The van der Waals surface area contributed by atoms with Crippen LogP contribution >= 0.6 is 0 Å². The molecular weight excluding hydrogens is 314 g/mol. The van der Waals surface area contributed by atoms with Crippen molar-refractivity contribution in [2.24, 2.45) is 0 Å². The van der Waals surface area contributed by atoms with Gasteiger partial charge in [-0.25, -0.2) is 0 Å². The topological polar surface area (TPSA) is 60.2 Å². The molecule has 1 heterocycles. The molecule has 5 nitrogen and oxygen atoms in total. The third-order valence-corrected chi connectivity index (χ3v) is 4.24. The van der Waals surface area contributed by atoms with E-state index in [0.717, 1.165) is 29.6 Å². The first-order valence-electron chi connectivity index (χ1n) is 9.03. The first-order chi connectivity index (χ1) is 12.2. The molecule has 0 amide bonds. The average Bonchev–Trinajstić information content (AvgIpc) is 3.03. The zero-order chi connectivity index (χ0) is 17.6. The van der Waals surface area contributed by atoms with Crippen molar-refractivity contribution in [3.63, 3.8) is 0 Å². The molecule has 132 valence electrons. The lowest BCUT2D eigenvalue weighted by molar-refractivity contribution is 0.340. The summed E-state index contributed by atoms with van der Waals surface area (Å²) in [6.07, 6.45) is 5.89. The number of aromatic hydroxyl groups is 1. The number of aryl methyl sites for hydroxylation is 1. The molecule has 0 saturated carbocycles. The predicted molar refractivity (Wildman–Crippen MR) is 99.5 cm³/mol. The van der Waals surface area contributed by atoms with Crippen LogP contribution < -0.4 is 4.74 Å². The van der Waals surface area contributed by atoms with Crippen LogP contribution in [-0.4, -0.2) is 26.7 Å². The highest BCUT2D eigenvalue weighted by molar-refractivity contribution is 5.75. The summed E-state index contributed by atoms with van der Waals surface area (Å²) in [5.74, 6) is 0.957. The second-order valence-electron chi connectivity index (χ2n) is 6.21. The highest BCUT2D eigenvalue weighted by Crippen LogP contribution is 2.25. The number of ether oxygens (including phenoxy) is 1. The van der Waals surface area contributed by atoms with Gasteiger partial charge in [0.15, 0.2) is 0 Å². The number of unbranched alkanes of at least 4 members (excludes halogenated alkanes) is 3. The van der Waals surface area contributed by atoms with Crippen LogP contribution in [0, 0.1) is 0 Å². The number of rotatable bonds is 8. The normalized spacial score (nSPS) is 11.1. The molecule has 0 spiro atoms. The maximum atomic E-state index is 10.2. The Labute approximate surface area is 148 Å². The van der Waals surface area contributed by atoms with E-state index in [1.165, 1.54) is 29.6 Å². The van der Waals surface area contributed by atoms with Crippen LogP contribution in [0.1, 0.15) is 45.1 Å². The van der Waals surface area contributed by atoms with Crippen LogP contribution in [0.3, 0.4) is 0 Å². The number of phenols is 1. The number of benzene rings is 2. The number of phenolic OH excluding ortho intramolecular Hbond substituents is 1. The van der Waals surface area contributed by atoms with Gasteiger partial charge in [0.1, 0.15) is 28.2 Å². The number of nitrogens with zero attached hydrogens (tertiary/aromatic N) is 3. The van der Waals surface area contributed by atoms with Crippen LogP contribution in [0.15, 0.2) is 36.4 Å². The molecule has 1 aromatic heterocycles. The fourth-order valence-corrected chi connectivity index (χ4v) is 2.90. The Hall–Kier alpha value is -2.56. The van der Waals surface area contributed by atoms with Gasteiger partial charge >= 0.3 is 0 Å². The number of hydrogen-bond acceptors (Lipinski definition) is 4. The van der Waals surface area contributed by atoms with Crippen LogP contribution in [0.4, 0.5) is 0 Å². The van der Waals surface area contributed by atoms with Crippen LogP contribution in [0.5, 0.6) is 11.5 Å². The van der Waals surface area contributed by atoms with Gasteiger partial charge in [-0.05, 0) is 49.6 Å². The van der Waals surface area contributed by atoms with Crippen molar-refractivity contribution in [2.45, 2.75) is 46.0 Å². The first kappa shape index (κ1) is 17.3. The fraction of sp³-hybridized carbons (Fsp3) is 0.400. The highest BCUT2D eigenvalue weighted by atomic mass is 16.5. The van der Waals surface area contributed by atoms with Crippen molar-refractivity contribution in [1.82, 2.24) is 15.0 Å². The molecule has 1 N–H and O–H groups in total. The smallest absolute Gasteiger partial charge is 0.143 e. The Balaban J connectivity index is 1.85. The molecule has 0 radical (unpaired) electrons. The molecular formula is C20H25N3O2. The third-order valence-electron chi connectivity index (χ3n) is 4.24. The van der Waals surface area contributed by atoms with E-state index in [1.54, 1.807) is 6.07 Å². The maximum Gasteiger partial charge on any atom is 0.143 e. The van der Waals surface area contributed by atoms with Crippen molar-refractivity contribution in [1.29, 1.82) is 0 Å². The van der Waals surface area contributed by atoms with Crippen LogP contribution in [0.2, 0.25) is 0 Å². The van der Waals surface area contributed by atoms with Gasteiger partial charge in [0.25, 0.3) is 0 Å². The van der Waals surface area contributed by atoms with E-state index in [4.69, 9.17) is 4.74 Å². The summed E-state index contributed by atoms with van der Waals surface area (Å²) in [6, 6.07) is 11.3. The third kappa shape index (κ3) is 4.10. The van der Waals surface area contributed by atoms with Crippen LogP contribution in [-0.2, 0) is 6.42 Å². The molecule has 5 heteroatoms. The van der Waals surface area contributed by atoms with Gasteiger partial charge in [-0.15, -0.1) is 15.0 Å². The van der Waals surface area contributed by atoms with Crippen molar-refractivity contribution >= 4 is 11.0 Å². The van der Waals surface area contributed by atoms with E-state index in [0.29, 0.717) is 12.3 Å². The standard InChI is InChI=1S/C20H25N3O2/c1-3-5-6-7-8-15-9-12-20(24)19(13-15)23-21-17-11-10-16(25-4-2)14-18(17)22-23/h9-14,24H,3-8H2,1-2H3. The summed E-state index contributed by atoms with van der Waals surface area (Å²) in [5.41, 5.74) is 3.33. The summed E-state index contributed by atoms with van der Waals surface area (Å²) >= 11 is 0. The van der Waals surface area contributed by atoms with E-state index in [-0.39, 0.29) is 5.75 Å². The minimum atomic E-state index is 0.183. The van der Waals surface area contributed by atoms with Crippen LogP contribution in [0.25, 0.3) is 16.7 Å². The Bertz CT molecular complexity index is 842. The van der Waals surface area contributed by atoms with Gasteiger partial charge in [0.2, 0.25) is 0 Å². The van der Waals surface area contributed by atoms with Crippen molar-refractivity contribution < 1.29 is 9.84 Å². The summed E-state index contributed by atoms with van der Waals surface area (Å²) < 4.78 is 5.51. The highest BCUT2D eigenvalue weighted by Gasteiger charge is 2.10. The van der Waals surface area contributed by atoms with Gasteiger partial charge in [0, 0.05) is 6.07 Å². The van der Waals surface area contributed by atoms with Gasteiger partial charge in [0.05, 0.1) is 6.61 Å². The van der Waals surface area contributed by atoms with Gasteiger partial charge in [-0.1, -0.05) is 32.3 Å². The Morgan fingerprint density at radius 1 is 0.960 bits per heavy atom. The van der Waals surface area contributed by atoms with Gasteiger partial charge in [-0.2, -0.15) is 0 Å². The van der Waals surface area contributed by atoms with Crippen molar-refractivity contribution in [3.8, 4) is 17.2 Å². The summed E-state index contributed by atoms with van der Waals surface area (Å²) in [5, 5.41) is 19.2. The molecule has 3 rings (SSSR count). The zero-order valence-corrected chi connectivity index (χ0v) is 14.9. The molecule has 0 atom stereocenters. The quantitative estimate of drug-likeness (QED) is 0.607. The van der Waals surface area contributed by atoms with E-state index in [1.807, 2.05) is 37.3 Å². The number of aromatic nitrogens is 3. The molecule has 2 aromatic carbocycles. The van der Waals surface area contributed by atoms with E-state index in [9.17, 15) is 5.11 Å². The maximum absolute atomic E-state index is 10.2. The van der Waals surface area contributed by atoms with E-state index < -0.39 is 0 Å². The number of fused-ring (bicyclic) bond motifs is 1. The Morgan fingerprint density at radius 2 is 1.80 bits per heavy atom. The summed E-state index contributed by atoms with van der Waals surface area (Å²) in [6.45, 7) is 4.77. The predicted octanol–water partition coefficient (Wildman–Crippen LogP) is 4.65. The molecule has 0 aliphatic heterocycles. The molecule has 25 heavy (non-hydrogen) atoms. The zero-order valence-electron chi connectivity index (χ0n) is 14.9. The van der Waals surface area contributed by atoms with E-state index >= 15 is 0 Å². The monoisotopic (exact) mass is 339 g/mol. The Morgan fingerprint density at radius 3 is 2.60 bits per heavy atom. The molecule has 0 aliphatic carbocycles. The molecule has 0 fully saturated rings. The minimum Gasteiger partial charge on any atom is -0.506 e. The number of hydrogen-bond donors (Lipinski definition) is 1. The summed E-state index contributed by atoms with van der Waals surface area (Å²) in [4.78, 5) is 1.51. The van der Waals surface area contributed by atoms with Gasteiger partial charge < -0.3 is 9.84 Å². The lowest BCUT2D eigenvalue weighted by Gasteiger charge is -2.07. The SMILES string of the molecule is CCCCCCc1ccc(O)c(-n2nc3ccc(OCC)cc3n2)c1. The fourth-order valence-electron chi connectivity index (χ4n) is 2.90. The van der Waals surface area contributed by atoms with Crippen molar-refractivity contribution in [2.75, 3.05) is 6.61 Å². The van der Waals surface area contributed by atoms with Gasteiger partial charge in [-0.3, -0.25) is 0 Å². The Kier molecular flexibility index (Phi) is 5.53. The molecule has 3 aromatic rings. The lowest BCUT2D eigenvalue weighted by atomic mass is 10.1. The second-order valence-corrected chi connectivity index (χ2v) is 6.21. The molecule has 0 aliphatic rings. The molecule has 0 bridgehead atoms. The first-order valence-corrected chi connectivity index (χ1v) is 9.03. The molecule has 0 unspecified atom stereocenters. The lowest BCUT2D eigenvalue weighted by Crippen LogP contribution is -2.00. The van der Waals surface area contributed by atoms with E-state index in [2.05, 4.69) is 17.1 Å². The summed E-state index contributed by atoms with van der Waals surface area (Å²) in [7, 11) is 0. The second kappa shape index (κ2) is 8.01. The van der Waals surface area contributed by atoms with Crippen molar-refractivity contribution in [3.05, 3.63) is 42.0 Å². The largest absolute Gasteiger partial charge is 0.506 e. The minimum absolute atomic E-state index is 0.183. The molecule has 0 saturated heterocycles.